The first-order valence-corrected chi connectivity index (χ1v) is 17.0. The number of nitrogens with zero attached hydrogens (tertiary/aromatic N) is 2. The Balaban J connectivity index is 0.00000171. The van der Waals surface area contributed by atoms with Gasteiger partial charge in [-0.1, -0.05) is 129 Å². The second-order valence-corrected chi connectivity index (χ2v) is 12.1. The Morgan fingerprint density at radius 3 is 1.51 bits per heavy atom. The predicted molar refractivity (Wildman–Crippen MR) is 206 cm³/mol. The Labute approximate surface area is 286 Å². The van der Waals surface area contributed by atoms with E-state index >= 15 is 0 Å². The molecule has 0 bridgehead atoms. The number of fused-ring (bicyclic) bond motifs is 4. The molecule has 0 saturated carbocycles. The standard InChI is InChI=1S/C44H30N2O.C2H6/c1-29-18-27-43-40(28-29)45-44(47-43)32-21-19-30(20-22-32)34-10-2-4-12-36(34)37-13-5-3-11-35(37)31-23-25-33(26-24-31)46-41-16-8-6-14-38(41)39-15-7-9-17-42(39)46;1-2/h2-28H,1H3;1-2H3. The lowest BCUT2D eigenvalue weighted by molar-refractivity contribution is 0.620. The summed E-state index contributed by atoms with van der Waals surface area (Å²) in [6.45, 7) is 6.07. The molecule has 0 radical (unpaired) electrons. The molecule has 0 aliphatic rings. The van der Waals surface area contributed by atoms with E-state index in [-0.39, 0.29) is 0 Å². The van der Waals surface area contributed by atoms with E-state index in [9.17, 15) is 0 Å². The lowest BCUT2D eigenvalue weighted by Gasteiger charge is -2.15. The van der Waals surface area contributed by atoms with Crippen molar-refractivity contribution in [3.63, 3.8) is 0 Å². The van der Waals surface area contributed by atoms with Crippen molar-refractivity contribution < 1.29 is 4.42 Å². The molecule has 0 saturated heterocycles. The maximum Gasteiger partial charge on any atom is 0.227 e. The van der Waals surface area contributed by atoms with Crippen molar-refractivity contribution in [2.45, 2.75) is 20.8 Å². The summed E-state index contributed by atoms with van der Waals surface area (Å²) in [7, 11) is 0. The van der Waals surface area contributed by atoms with E-state index < -0.39 is 0 Å². The predicted octanol–water partition coefficient (Wildman–Crippen LogP) is 12.9. The third-order valence-electron chi connectivity index (χ3n) is 9.15. The largest absolute Gasteiger partial charge is 0.436 e. The summed E-state index contributed by atoms with van der Waals surface area (Å²) in [5.41, 5.74) is 14.5. The van der Waals surface area contributed by atoms with E-state index in [1.165, 1.54) is 55.2 Å². The number of benzene rings is 7. The van der Waals surface area contributed by atoms with Gasteiger partial charge in [-0.2, -0.15) is 0 Å². The molecule has 0 amide bonds. The molecule has 49 heavy (non-hydrogen) atoms. The van der Waals surface area contributed by atoms with E-state index in [0.29, 0.717) is 5.89 Å². The first-order valence-electron chi connectivity index (χ1n) is 17.0. The van der Waals surface area contributed by atoms with Crippen molar-refractivity contribution in [2.24, 2.45) is 0 Å². The van der Waals surface area contributed by atoms with Gasteiger partial charge >= 0.3 is 0 Å². The number of aryl methyl sites for hydroxylation is 1. The van der Waals surface area contributed by atoms with Crippen LogP contribution in [0.5, 0.6) is 0 Å². The van der Waals surface area contributed by atoms with Crippen LogP contribution in [0, 0.1) is 6.92 Å². The molecule has 2 heterocycles. The van der Waals surface area contributed by atoms with Crippen LogP contribution in [0.2, 0.25) is 0 Å². The highest BCUT2D eigenvalue weighted by molar-refractivity contribution is 6.09. The van der Waals surface area contributed by atoms with Crippen LogP contribution in [-0.4, -0.2) is 9.55 Å². The summed E-state index contributed by atoms with van der Waals surface area (Å²) in [4.78, 5) is 4.74. The topological polar surface area (TPSA) is 31.0 Å². The fourth-order valence-corrected chi connectivity index (χ4v) is 6.88. The summed E-state index contributed by atoms with van der Waals surface area (Å²) in [5, 5.41) is 2.54. The number of rotatable bonds is 5. The van der Waals surface area contributed by atoms with Gasteiger partial charge in [-0.15, -0.1) is 0 Å². The zero-order valence-electron chi connectivity index (χ0n) is 27.9. The number of aromatic nitrogens is 2. The van der Waals surface area contributed by atoms with E-state index in [1.807, 2.05) is 19.9 Å². The number of hydrogen-bond acceptors (Lipinski definition) is 2. The third-order valence-corrected chi connectivity index (χ3v) is 9.15. The minimum atomic E-state index is 0.639. The molecule has 0 aliphatic heterocycles. The Morgan fingerprint density at radius 1 is 0.469 bits per heavy atom. The fraction of sp³-hybridized carbons (Fsp3) is 0.0652. The summed E-state index contributed by atoms with van der Waals surface area (Å²) >= 11 is 0. The molecule has 236 valence electrons. The van der Waals surface area contributed by atoms with Gasteiger partial charge in [0.2, 0.25) is 5.89 Å². The van der Waals surface area contributed by atoms with Crippen LogP contribution in [0.25, 0.3) is 83.4 Å². The van der Waals surface area contributed by atoms with Gasteiger partial charge in [-0.25, -0.2) is 4.98 Å². The molecule has 0 fully saturated rings. The average Bonchev–Trinajstić information content (AvgIpc) is 3.75. The van der Waals surface area contributed by atoms with E-state index in [1.54, 1.807) is 0 Å². The Morgan fingerprint density at radius 2 is 0.939 bits per heavy atom. The van der Waals surface area contributed by atoms with Gasteiger partial charge in [0.1, 0.15) is 5.52 Å². The SMILES string of the molecule is CC.Cc1ccc2oc(-c3ccc(-c4ccccc4-c4ccccc4-c4ccc(-n5c6ccccc6c6ccccc65)cc4)cc3)nc2c1. The molecular weight excluding hydrogens is 597 g/mol. The van der Waals surface area contributed by atoms with Crippen molar-refractivity contribution in [3.8, 4) is 50.5 Å². The van der Waals surface area contributed by atoms with E-state index in [0.717, 1.165) is 27.9 Å². The second-order valence-electron chi connectivity index (χ2n) is 12.1. The molecule has 0 spiro atoms. The molecule has 9 aromatic rings. The maximum absolute atomic E-state index is 6.07. The average molecular weight is 633 g/mol. The van der Waals surface area contributed by atoms with Gasteiger partial charge in [0.25, 0.3) is 0 Å². The first kappa shape index (κ1) is 30.2. The highest BCUT2D eigenvalue weighted by atomic mass is 16.3. The van der Waals surface area contributed by atoms with Gasteiger partial charge in [-0.3, -0.25) is 0 Å². The van der Waals surface area contributed by atoms with Crippen molar-refractivity contribution in [3.05, 3.63) is 169 Å². The Kier molecular flexibility index (Phi) is 7.87. The van der Waals surface area contributed by atoms with Gasteiger partial charge in [0.05, 0.1) is 11.0 Å². The molecule has 3 heteroatoms. The van der Waals surface area contributed by atoms with E-state index in [2.05, 4.69) is 169 Å². The van der Waals surface area contributed by atoms with Crippen molar-refractivity contribution in [2.75, 3.05) is 0 Å². The summed E-state index contributed by atoms with van der Waals surface area (Å²) in [6, 6.07) is 58.2. The fourth-order valence-electron chi connectivity index (χ4n) is 6.88. The quantitative estimate of drug-likeness (QED) is 0.189. The molecule has 2 aromatic heterocycles. The number of hydrogen-bond donors (Lipinski definition) is 0. The first-order chi connectivity index (χ1) is 24.2. The maximum atomic E-state index is 6.07. The van der Waals surface area contributed by atoms with E-state index in [4.69, 9.17) is 9.40 Å². The van der Waals surface area contributed by atoms with Gasteiger partial charge in [-0.05, 0) is 94.4 Å². The van der Waals surface area contributed by atoms with Gasteiger partial charge in [0.15, 0.2) is 5.58 Å². The lowest BCUT2D eigenvalue weighted by atomic mass is 9.89. The summed E-state index contributed by atoms with van der Waals surface area (Å²) in [5.74, 6) is 0.639. The van der Waals surface area contributed by atoms with Crippen LogP contribution < -0.4 is 0 Å². The summed E-state index contributed by atoms with van der Waals surface area (Å²) in [6.07, 6.45) is 0. The monoisotopic (exact) mass is 632 g/mol. The number of oxazole rings is 1. The Bertz CT molecular complexity index is 2520. The van der Waals surface area contributed by atoms with Crippen LogP contribution in [0.15, 0.2) is 168 Å². The third kappa shape index (κ3) is 5.40. The number of para-hydroxylation sites is 2. The van der Waals surface area contributed by atoms with Crippen LogP contribution in [0.3, 0.4) is 0 Å². The molecule has 0 N–H and O–H groups in total. The molecule has 3 nitrogen and oxygen atoms in total. The van der Waals surface area contributed by atoms with Crippen LogP contribution in [0.4, 0.5) is 0 Å². The zero-order valence-corrected chi connectivity index (χ0v) is 27.9. The normalized spacial score (nSPS) is 11.2. The highest BCUT2D eigenvalue weighted by Crippen LogP contribution is 2.39. The van der Waals surface area contributed by atoms with Gasteiger partial charge in [0, 0.05) is 22.0 Å². The molecule has 0 unspecified atom stereocenters. The lowest BCUT2D eigenvalue weighted by Crippen LogP contribution is -1.94. The molecule has 9 rings (SSSR count). The van der Waals surface area contributed by atoms with Crippen molar-refractivity contribution in [1.29, 1.82) is 0 Å². The molecular formula is C46H36N2O. The highest BCUT2D eigenvalue weighted by Gasteiger charge is 2.15. The van der Waals surface area contributed by atoms with Crippen LogP contribution in [-0.2, 0) is 0 Å². The zero-order chi connectivity index (χ0) is 33.3. The Hall–Kier alpha value is -6.19. The van der Waals surface area contributed by atoms with Crippen molar-refractivity contribution >= 4 is 32.9 Å². The van der Waals surface area contributed by atoms with Crippen LogP contribution >= 0.6 is 0 Å². The smallest absolute Gasteiger partial charge is 0.227 e. The molecule has 0 aliphatic carbocycles. The molecule has 0 atom stereocenters. The van der Waals surface area contributed by atoms with Crippen LogP contribution in [0.1, 0.15) is 19.4 Å². The summed E-state index contributed by atoms with van der Waals surface area (Å²) < 4.78 is 8.44. The van der Waals surface area contributed by atoms with Crippen molar-refractivity contribution in [1.82, 2.24) is 9.55 Å². The minimum Gasteiger partial charge on any atom is -0.436 e. The van der Waals surface area contributed by atoms with Gasteiger partial charge < -0.3 is 8.98 Å². The second kappa shape index (κ2) is 12.8. The molecule has 7 aromatic carbocycles. The minimum absolute atomic E-state index is 0.639.